The summed E-state index contributed by atoms with van der Waals surface area (Å²) >= 11 is 1.64. The van der Waals surface area contributed by atoms with Gasteiger partial charge in [0.2, 0.25) is 5.88 Å². The average molecular weight is 299 g/mol. The molecule has 0 amide bonds. The molecular formula is C14H25N3O2S. The molecule has 6 heteroatoms. The second-order valence-corrected chi connectivity index (χ2v) is 5.60. The average Bonchev–Trinajstić information content (AvgIpc) is 2.85. The number of nitrogens with one attached hydrogen (secondary N) is 1. The van der Waals surface area contributed by atoms with Crippen LogP contribution in [0.25, 0.3) is 6.08 Å². The van der Waals surface area contributed by atoms with Gasteiger partial charge in [-0.2, -0.15) is 4.98 Å². The molecule has 1 heterocycles. The van der Waals surface area contributed by atoms with Gasteiger partial charge >= 0.3 is 0 Å². The minimum atomic E-state index is 0.696. The predicted octanol–water partition coefficient (Wildman–Crippen LogP) is 2.25. The molecule has 114 valence electrons. The van der Waals surface area contributed by atoms with Crippen LogP contribution in [0.3, 0.4) is 0 Å². The fourth-order valence-corrected chi connectivity index (χ4v) is 2.57. The number of rotatable bonds is 9. The predicted molar refractivity (Wildman–Crippen MR) is 86.0 cm³/mol. The van der Waals surface area contributed by atoms with Crippen molar-refractivity contribution < 1.29 is 9.47 Å². The topological polar surface area (TPSA) is 46.6 Å². The summed E-state index contributed by atoms with van der Waals surface area (Å²) in [6.45, 7) is 4.60. The van der Waals surface area contributed by atoms with Gasteiger partial charge in [0, 0.05) is 34.3 Å². The van der Waals surface area contributed by atoms with Crippen LogP contribution in [0.2, 0.25) is 0 Å². The summed E-state index contributed by atoms with van der Waals surface area (Å²) in [7, 11) is 7.34. The summed E-state index contributed by atoms with van der Waals surface area (Å²) in [5.41, 5.74) is 1.33. The van der Waals surface area contributed by atoms with E-state index in [4.69, 9.17) is 9.47 Å². The van der Waals surface area contributed by atoms with Gasteiger partial charge in [-0.3, -0.25) is 0 Å². The van der Waals surface area contributed by atoms with Crippen molar-refractivity contribution in [3.63, 3.8) is 0 Å². The highest BCUT2D eigenvalue weighted by Crippen LogP contribution is 2.32. The number of thiazole rings is 1. The van der Waals surface area contributed by atoms with E-state index in [2.05, 4.69) is 23.3 Å². The molecule has 0 atom stereocenters. The lowest BCUT2D eigenvalue weighted by Crippen LogP contribution is -2.21. The summed E-state index contributed by atoms with van der Waals surface area (Å²) in [5.74, 6) is 0.696. The summed E-state index contributed by atoms with van der Waals surface area (Å²) < 4.78 is 10.4. The van der Waals surface area contributed by atoms with E-state index in [1.807, 2.05) is 19.0 Å². The van der Waals surface area contributed by atoms with Crippen LogP contribution in [0.4, 0.5) is 5.13 Å². The van der Waals surface area contributed by atoms with Crippen molar-refractivity contribution in [1.82, 2.24) is 10.3 Å². The van der Waals surface area contributed by atoms with Gasteiger partial charge in [-0.25, -0.2) is 0 Å². The summed E-state index contributed by atoms with van der Waals surface area (Å²) in [5, 5.41) is 4.32. The Balaban J connectivity index is 2.77. The van der Waals surface area contributed by atoms with Gasteiger partial charge in [0.15, 0.2) is 5.13 Å². The standard InChI is InChI=1S/C14H25N3O2S/c1-6-11(10-15-7-8-18-4)9-12-13(19-5)16-14(20-12)17(2)3/h9,15H,6-8,10H2,1-5H3. The molecule has 0 saturated carbocycles. The molecule has 0 aromatic carbocycles. The number of nitrogens with zero attached hydrogens (tertiary/aromatic N) is 2. The third-order valence-corrected chi connectivity index (χ3v) is 3.96. The Morgan fingerprint density at radius 2 is 2.15 bits per heavy atom. The second kappa shape index (κ2) is 8.94. The van der Waals surface area contributed by atoms with Crippen LogP contribution in [0, 0.1) is 0 Å². The van der Waals surface area contributed by atoms with E-state index in [9.17, 15) is 0 Å². The zero-order valence-electron chi connectivity index (χ0n) is 13.0. The molecule has 0 unspecified atom stereocenters. The van der Waals surface area contributed by atoms with Gasteiger partial charge in [-0.15, -0.1) is 0 Å². The zero-order chi connectivity index (χ0) is 15.0. The lowest BCUT2D eigenvalue weighted by molar-refractivity contribution is 0.200. The number of aromatic nitrogens is 1. The van der Waals surface area contributed by atoms with E-state index >= 15 is 0 Å². The smallest absolute Gasteiger partial charge is 0.233 e. The first-order valence-electron chi connectivity index (χ1n) is 6.73. The number of hydrogen-bond donors (Lipinski definition) is 1. The van der Waals surface area contributed by atoms with E-state index in [0.717, 1.165) is 36.1 Å². The maximum Gasteiger partial charge on any atom is 0.233 e. The van der Waals surface area contributed by atoms with E-state index < -0.39 is 0 Å². The molecule has 1 N–H and O–H groups in total. The Morgan fingerprint density at radius 3 is 2.70 bits per heavy atom. The number of anilines is 1. The largest absolute Gasteiger partial charge is 0.480 e. The van der Waals surface area contributed by atoms with Gasteiger partial charge in [-0.05, 0) is 12.5 Å². The molecule has 0 aliphatic heterocycles. The Morgan fingerprint density at radius 1 is 1.40 bits per heavy atom. The van der Waals surface area contributed by atoms with Crippen LogP contribution in [0.5, 0.6) is 5.88 Å². The molecule has 0 bridgehead atoms. The molecule has 1 aromatic rings. The van der Waals surface area contributed by atoms with Crippen molar-refractivity contribution in [1.29, 1.82) is 0 Å². The fourth-order valence-electron chi connectivity index (χ4n) is 1.62. The van der Waals surface area contributed by atoms with Crippen LogP contribution in [-0.4, -0.2) is 53.0 Å². The first-order valence-corrected chi connectivity index (χ1v) is 7.55. The Hall–Kier alpha value is -1.11. The first kappa shape index (κ1) is 16.9. The first-order chi connectivity index (χ1) is 9.62. The van der Waals surface area contributed by atoms with Crippen molar-refractivity contribution >= 4 is 22.5 Å². The van der Waals surface area contributed by atoms with Crippen LogP contribution in [0.1, 0.15) is 18.2 Å². The Bertz CT molecular complexity index is 430. The molecule has 0 radical (unpaired) electrons. The minimum absolute atomic E-state index is 0.696. The van der Waals surface area contributed by atoms with Crippen molar-refractivity contribution in [3.05, 3.63) is 10.5 Å². The maximum atomic E-state index is 5.35. The monoisotopic (exact) mass is 299 g/mol. The molecule has 20 heavy (non-hydrogen) atoms. The van der Waals surface area contributed by atoms with Gasteiger partial charge in [0.25, 0.3) is 0 Å². The molecule has 0 aliphatic carbocycles. The summed E-state index contributed by atoms with van der Waals surface area (Å²) in [6, 6.07) is 0. The number of hydrogen-bond acceptors (Lipinski definition) is 6. The second-order valence-electron chi connectivity index (χ2n) is 4.59. The highest BCUT2D eigenvalue weighted by molar-refractivity contribution is 7.16. The van der Waals surface area contributed by atoms with E-state index in [1.165, 1.54) is 5.57 Å². The number of ether oxygens (including phenoxy) is 2. The van der Waals surface area contributed by atoms with Crippen molar-refractivity contribution in [2.45, 2.75) is 13.3 Å². The SMILES string of the molecule is CCC(=Cc1sc(N(C)C)nc1OC)CNCCOC. The molecule has 1 aromatic heterocycles. The Kier molecular flexibility index (Phi) is 7.58. The quantitative estimate of drug-likeness (QED) is 0.709. The normalized spacial score (nSPS) is 11.8. The third-order valence-electron chi connectivity index (χ3n) is 2.81. The van der Waals surface area contributed by atoms with Crippen LogP contribution >= 0.6 is 11.3 Å². The highest BCUT2D eigenvalue weighted by atomic mass is 32.1. The minimum Gasteiger partial charge on any atom is -0.480 e. The van der Waals surface area contributed by atoms with Gasteiger partial charge in [0.05, 0.1) is 18.6 Å². The molecule has 0 saturated heterocycles. The van der Waals surface area contributed by atoms with Gasteiger partial charge in [-0.1, -0.05) is 23.8 Å². The third kappa shape index (κ3) is 5.11. The summed E-state index contributed by atoms with van der Waals surface area (Å²) in [6.07, 6.45) is 3.17. The molecule has 0 spiro atoms. The van der Waals surface area contributed by atoms with Crippen LogP contribution in [0.15, 0.2) is 5.57 Å². The molecular weight excluding hydrogens is 274 g/mol. The van der Waals surface area contributed by atoms with Gasteiger partial charge in [0.1, 0.15) is 0 Å². The molecule has 0 aliphatic rings. The summed E-state index contributed by atoms with van der Waals surface area (Å²) in [4.78, 5) is 7.53. The molecule has 5 nitrogen and oxygen atoms in total. The molecule has 1 rings (SSSR count). The van der Waals surface area contributed by atoms with Crippen molar-refractivity contribution in [3.8, 4) is 5.88 Å². The maximum absolute atomic E-state index is 5.35. The number of methoxy groups -OCH3 is 2. The van der Waals surface area contributed by atoms with Crippen molar-refractivity contribution in [2.24, 2.45) is 0 Å². The highest BCUT2D eigenvalue weighted by Gasteiger charge is 2.11. The van der Waals surface area contributed by atoms with E-state index in [0.29, 0.717) is 5.88 Å². The van der Waals surface area contributed by atoms with Crippen molar-refractivity contribution in [2.75, 3.05) is 52.9 Å². The zero-order valence-corrected chi connectivity index (χ0v) is 13.8. The van der Waals surface area contributed by atoms with Crippen LogP contribution in [-0.2, 0) is 4.74 Å². The molecule has 0 fully saturated rings. The fraction of sp³-hybridized carbons (Fsp3) is 0.643. The lowest BCUT2D eigenvalue weighted by atomic mass is 10.2. The van der Waals surface area contributed by atoms with Crippen LogP contribution < -0.4 is 15.0 Å². The lowest BCUT2D eigenvalue weighted by Gasteiger charge is -2.07. The van der Waals surface area contributed by atoms with E-state index in [1.54, 1.807) is 25.6 Å². The Labute approximate surface area is 125 Å². The van der Waals surface area contributed by atoms with E-state index in [-0.39, 0.29) is 0 Å². The van der Waals surface area contributed by atoms with Gasteiger partial charge < -0.3 is 19.7 Å².